The van der Waals surface area contributed by atoms with Gasteiger partial charge in [0.05, 0.1) is 18.1 Å². The van der Waals surface area contributed by atoms with Crippen LogP contribution in [-0.2, 0) is 7.05 Å². The van der Waals surface area contributed by atoms with Gasteiger partial charge in [0.1, 0.15) is 5.75 Å². The monoisotopic (exact) mass is 298 g/mol. The first-order chi connectivity index (χ1) is 9.82. The summed E-state index contributed by atoms with van der Waals surface area (Å²) in [5.41, 5.74) is 1.20. The largest absolute Gasteiger partial charge is 0.507 e. The Labute approximate surface area is 120 Å². The van der Waals surface area contributed by atoms with Gasteiger partial charge >= 0.3 is 6.09 Å². The first-order valence-corrected chi connectivity index (χ1v) is 6.37. The molecule has 0 spiro atoms. The number of amides is 1. The molecule has 0 saturated heterocycles. The van der Waals surface area contributed by atoms with Crippen LogP contribution in [0.2, 0.25) is 0 Å². The molecule has 5 nitrogen and oxygen atoms in total. The van der Waals surface area contributed by atoms with Crippen molar-refractivity contribution in [1.29, 1.82) is 0 Å². The summed E-state index contributed by atoms with van der Waals surface area (Å²) in [6.45, 7) is 0.651. The second-order valence-electron chi connectivity index (χ2n) is 4.87. The van der Waals surface area contributed by atoms with Crippen LogP contribution < -0.4 is 0 Å². The standard InChI is InChI=1S/C14H16F2N2O3/c1-8(18(14(20)21)7-12(15)16)9-6-17(2)10-4-3-5-11(19)13(9)10/h3-6,8,12,19H,7H2,1-2H3,(H,20,21). The topological polar surface area (TPSA) is 65.7 Å². The maximum atomic E-state index is 12.6. The maximum absolute atomic E-state index is 12.6. The quantitative estimate of drug-likeness (QED) is 0.911. The van der Waals surface area contributed by atoms with Crippen LogP contribution in [0.25, 0.3) is 10.9 Å². The molecule has 114 valence electrons. The lowest BCUT2D eigenvalue weighted by Crippen LogP contribution is -2.36. The number of nitrogens with zero attached hydrogens (tertiary/aromatic N) is 2. The van der Waals surface area contributed by atoms with Gasteiger partial charge < -0.3 is 14.8 Å². The smallest absolute Gasteiger partial charge is 0.407 e. The zero-order chi connectivity index (χ0) is 15.7. The highest BCUT2D eigenvalue weighted by molar-refractivity contribution is 5.90. The van der Waals surface area contributed by atoms with Crippen molar-refractivity contribution in [3.63, 3.8) is 0 Å². The zero-order valence-corrected chi connectivity index (χ0v) is 11.6. The minimum absolute atomic E-state index is 0.00247. The Balaban J connectivity index is 2.52. The lowest BCUT2D eigenvalue weighted by atomic mass is 10.1. The van der Waals surface area contributed by atoms with E-state index >= 15 is 0 Å². The molecule has 0 aliphatic heterocycles. The van der Waals surface area contributed by atoms with E-state index in [1.54, 1.807) is 29.9 Å². The maximum Gasteiger partial charge on any atom is 0.407 e. The van der Waals surface area contributed by atoms with Gasteiger partial charge in [-0.2, -0.15) is 0 Å². The van der Waals surface area contributed by atoms with E-state index in [1.165, 1.54) is 13.0 Å². The van der Waals surface area contributed by atoms with Crippen molar-refractivity contribution < 1.29 is 23.8 Å². The molecule has 2 rings (SSSR count). The molecular weight excluding hydrogens is 282 g/mol. The fraction of sp³-hybridized carbons (Fsp3) is 0.357. The summed E-state index contributed by atoms with van der Waals surface area (Å²) in [6, 6.07) is 4.12. The number of halogens is 2. The van der Waals surface area contributed by atoms with E-state index in [2.05, 4.69) is 0 Å². The fourth-order valence-electron chi connectivity index (χ4n) is 2.50. The Morgan fingerprint density at radius 3 is 2.67 bits per heavy atom. The van der Waals surface area contributed by atoms with Gasteiger partial charge in [-0.15, -0.1) is 0 Å². The Hall–Kier alpha value is -2.31. The Kier molecular flexibility index (Phi) is 4.02. The van der Waals surface area contributed by atoms with Crippen molar-refractivity contribution in [2.24, 2.45) is 7.05 Å². The molecule has 0 bridgehead atoms. The van der Waals surface area contributed by atoms with Gasteiger partial charge in [0, 0.05) is 24.2 Å². The molecule has 1 heterocycles. The van der Waals surface area contributed by atoms with Gasteiger partial charge in [0.2, 0.25) is 0 Å². The summed E-state index contributed by atoms with van der Waals surface area (Å²) in [5, 5.41) is 19.6. The molecule has 0 fully saturated rings. The highest BCUT2D eigenvalue weighted by atomic mass is 19.3. The minimum atomic E-state index is -2.76. The van der Waals surface area contributed by atoms with Crippen molar-refractivity contribution in [2.45, 2.75) is 19.4 Å². The average Bonchev–Trinajstić information content (AvgIpc) is 2.74. The van der Waals surface area contributed by atoms with Crippen LogP contribution >= 0.6 is 0 Å². The fourth-order valence-corrected chi connectivity index (χ4v) is 2.50. The van der Waals surface area contributed by atoms with E-state index in [4.69, 9.17) is 5.11 Å². The van der Waals surface area contributed by atoms with Crippen LogP contribution in [0.3, 0.4) is 0 Å². The molecule has 0 radical (unpaired) electrons. The van der Waals surface area contributed by atoms with Gasteiger partial charge in [-0.3, -0.25) is 4.90 Å². The van der Waals surface area contributed by atoms with Crippen molar-refractivity contribution in [3.8, 4) is 5.75 Å². The second-order valence-corrected chi connectivity index (χ2v) is 4.87. The number of fused-ring (bicyclic) bond motifs is 1. The molecule has 2 aromatic rings. The number of aromatic nitrogens is 1. The summed E-state index contributed by atoms with van der Waals surface area (Å²) < 4.78 is 26.8. The number of alkyl halides is 2. The van der Waals surface area contributed by atoms with Crippen LogP contribution in [0, 0.1) is 0 Å². The summed E-state index contributed by atoms with van der Waals surface area (Å²) in [7, 11) is 1.75. The molecular formula is C14H16F2N2O3. The number of phenolic OH excluding ortho intramolecular Hbond substituents is 1. The summed E-state index contributed by atoms with van der Waals surface area (Å²) >= 11 is 0. The SMILES string of the molecule is CC(c1cn(C)c2cccc(O)c12)N(CC(F)F)C(=O)O. The van der Waals surface area contributed by atoms with E-state index < -0.39 is 25.1 Å². The molecule has 0 aliphatic carbocycles. The van der Waals surface area contributed by atoms with Crippen LogP contribution in [0.1, 0.15) is 18.5 Å². The summed E-state index contributed by atoms with van der Waals surface area (Å²) in [4.78, 5) is 11.9. The summed E-state index contributed by atoms with van der Waals surface area (Å²) in [5.74, 6) is -0.00247. The Morgan fingerprint density at radius 2 is 2.10 bits per heavy atom. The molecule has 21 heavy (non-hydrogen) atoms. The molecule has 2 N–H and O–H groups in total. The number of phenols is 1. The van der Waals surface area contributed by atoms with Crippen molar-refractivity contribution in [3.05, 3.63) is 30.0 Å². The molecule has 1 atom stereocenters. The van der Waals surface area contributed by atoms with Gasteiger partial charge in [-0.05, 0) is 19.1 Å². The predicted molar refractivity (Wildman–Crippen MR) is 73.7 cm³/mol. The van der Waals surface area contributed by atoms with E-state index in [-0.39, 0.29) is 5.75 Å². The van der Waals surface area contributed by atoms with Crippen molar-refractivity contribution in [2.75, 3.05) is 6.54 Å². The van der Waals surface area contributed by atoms with E-state index in [0.29, 0.717) is 21.4 Å². The van der Waals surface area contributed by atoms with Gasteiger partial charge in [-0.25, -0.2) is 13.6 Å². The molecule has 1 aromatic heterocycles. The van der Waals surface area contributed by atoms with Crippen LogP contribution in [-0.4, -0.2) is 38.7 Å². The summed E-state index contributed by atoms with van der Waals surface area (Å²) in [6.07, 6.45) is -2.53. The molecule has 1 aromatic carbocycles. The highest BCUT2D eigenvalue weighted by Gasteiger charge is 2.27. The third-order valence-corrected chi connectivity index (χ3v) is 3.52. The second kappa shape index (κ2) is 5.59. The van der Waals surface area contributed by atoms with Crippen LogP contribution in [0.4, 0.5) is 13.6 Å². The number of benzene rings is 1. The number of rotatable bonds is 4. The van der Waals surface area contributed by atoms with Crippen molar-refractivity contribution >= 4 is 17.0 Å². The number of hydrogen-bond acceptors (Lipinski definition) is 2. The van der Waals surface area contributed by atoms with Gasteiger partial charge in [-0.1, -0.05) is 6.07 Å². The lowest BCUT2D eigenvalue weighted by molar-refractivity contribution is 0.0644. The first-order valence-electron chi connectivity index (χ1n) is 6.37. The van der Waals surface area contributed by atoms with Gasteiger partial charge in [0.25, 0.3) is 6.43 Å². The normalized spacial score (nSPS) is 12.8. The molecule has 1 amide bonds. The van der Waals surface area contributed by atoms with Gasteiger partial charge in [0.15, 0.2) is 0 Å². The molecule has 7 heteroatoms. The average molecular weight is 298 g/mol. The first kappa shape index (κ1) is 15.1. The molecule has 1 unspecified atom stereocenters. The van der Waals surface area contributed by atoms with E-state index in [9.17, 15) is 18.7 Å². The predicted octanol–water partition coefficient (Wildman–Crippen LogP) is 3.19. The Morgan fingerprint density at radius 1 is 1.43 bits per heavy atom. The van der Waals surface area contributed by atoms with Crippen LogP contribution in [0.5, 0.6) is 5.75 Å². The number of carbonyl (C=O) groups is 1. The van der Waals surface area contributed by atoms with Crippen molar-refractivity contribution in [1.82, 2.24) is 9.47 Å². The van der Waals surface area contributed by atoms with Crippen LogP contribution in [0.15, 0.2) is 24.4 Å². The third-order valence-electron chi connectivity index (χ3n) is 3.52. The number of aromatic hydroxyl groups is 1. The number of carboxylic acid groups (broad SMARTS) is 1. The van der Waals surface area contributed by atoms with E-state index in [0.717, 1.165) is 0 Å². The molecule has 0 aliphatic rings. The molecule has 0 saturated carbocycles. The van der Waals surface area contributed by atoms with E-state index in [1.807, 2.05) is 0 Å². The minimum Gasteiger partial charge on any atom is -0.507 e. The number of aryl methyl sites for hydroxylation is 1. The Bertz CT molecular complexity index is 670. The highest BCUT2D eigenvalue weighted by Crippen LogP contribution is 2.35. The zero-order valence-electron chi connectivity index (χ0n) is 11.6. The lowest BCUT2D eigenvalue weighted by Gasteiger charge is -2.26. The number of hydrogen-bond donors (Lipinski definition) is 2. The third kappa shape index (κ3) is 2.76.